The summed E-state index contributed by atoms with van der Waals surface area (Å²) in [5.74, 6) is -0.534. The maximum Gasteiger partial charge on any atom is 0.408 e. The van der Waals surface area contributed by atoms with Gasteiger partial charge in [-0.3, -0.25) is 14.3 Å². The normalized spacial score (nSPS) is 15.7. The maximum absolute atomic E-state index is 12.5. The van der Waals surface area contributed by atoms with E-state index in [1.54, 1.807) is 39.8 Å². The number of hydrogen-bond acceptors (Lipinski definition) is 10. The van der Waals surface area contributed by atoms with E-state index in [2.05, 4.69) is 25.3 Å². The molecule has 192 valence electrons. The molecule has 1 atom stereocenters. The molecule has 2 heterocycles. The highest BCUT2D eigenvalue weighted by Gasteiger charge is 2.53. The van der Waals surface area contributed by atoms with Crippen LogP contribution in [0.2, 0.25) is 0 Å². The zero-order chi connectivity index (χ0) is 25.8. The third-order valence-corrected chi connectivity index (χ3v) is 4.81. The van der Waals surface area contributed by atoms with Crippen LogP contribution in [0.5, 0.6) is 0 Å². The van der Waals surface area contributed by atoms with E-state index < -0.39 is 41.5 Å². The fourth-order valence-electron chi connectivity index (χ4n) is 2.92. The smallest absolute Gasteiger partial charge is 0.408 e. The van der Waals surface area contributed by atoms with Gasteiger partial charge in [-0.25, -0.2) is 19.6 Å². The Labute approximate surface area is 201 Å². The molecule has 3 N–H and O–H groups in total. The van der Waals surface area contributed by atoms with Gasteiger partial charge in [0, 0.05) is 14.1 Å². The van der Waals surface area contributed by atoms with E-state index in [0.717, 1.165) is 0 Å². The zero-order valence-corrected chi connectivity index (χ0v) is 20.4. The van der Waals surface area contributed by atoms with Gasteiger partial charge < -0.3 is 29.5 Å². The summed E-state index contributed by atoms with van der Waals surface area (Å²) in [7, 11) is 3.55. The van der Waals surface area contributed by atoms with Crippen molar-refractivity contribution in [2.45, 2.75) is 57.6 Å². The molecule has 1 aliphatic carbocycles. The number of carbonyl (C=O) groups is 2. The number of hydrogen-bond donors (Lipinski definition) is 3. The van der Waals surface area contributed by atoms with Crippen LogP contribution < -0.4 is 10.9 Å². The van der Waals surface area contributed by atoms with Crippen LogP contribution in [-0.2, 0) is 25.7 Å². The van der Waals surface area contributed by atoms with Crippen molar-refractivity contribution >= 4 is 35.5 Å². The van der Waals surface area contributed by atoms with E-state index in [-0.39, 0.29) is 30.4 Å². The lowest BCUT2D eigenvalue weighted by Crippen LogP contribution is -2.47. The van der Waals surface area contributed by atoms with E-state index in [1.165, 1.54) is 17.2 Å². The molecule has 1 unspecified atom stereocenters. The number of amides is 1. The number of imidazole rings is 1. The van der Waals surface area contributed by atoms with Gasteiger partial charge in [-0.2, -0.15) is 4.98 Å². The summed E-state index contributed by atoms with van der Waals surface area (Å²) in [6.07, 6.45) is 2.15. The molecule has 0 aliphatic heterocycles. The lowest BCUT2D eigenvalue weighted by Gasteiger charge is -2.23. The van der Waals surface area contributed by atoms with Crippen LogP contribution in [0.1, 0.15) is 33.6 Å². The fraction of sp³-hybridized carbons (Fsp3) is 0.619. The van der Waals surface area contributed by atoms with Gasteiger partial charge in [-0.15, -0.1) is 0 Å². The first-order valence-electron chi connectivity index (χ1n) is 11.0. The first kappa shape index (κ1) is 26.1. The van der Waals surface area contributed by atoms with Gasteiger partial charge in [0.1, 0.15) is 30.6 Å². The average Bonchev–Trinajstić information content (AvgIpc) is 3.42. The van der Waals surface area contributed by atoms with Crippen molar-refractivity contribution in [2.75, 3.05) is 27.3 Å². The molecule has 0 saturated heterocycles. The number of alkyl carbamates (subject to hydrolysis) is 1. The topological polar surface area (TPSA) is 173 Å². The first-order valence-corrected chi connectivity index (χ1v) is 11.0. The summed E-state index contributed by atoms with van der Waals surface area (Å²) in [6, 6.07) is 0. The van der Waals surface area contributed by atoms with Crippen molar-refractivity contribution in [1.29, 1.82) is 0 Å². The molecule has 0 aromatic carbocycles. The van der Waals surface area contributed by atoms with Gasteiger partial charge in [-0.1, -0.05) is 0 Å². The lowest BCUT2D eigenvalue weighted by atomic mass is 10.2. The number of fused-ring (bicyclic) bond motifs is 1. The number of aliphatic imine (C=N–C) groups is 1. The summed E-state index contributed by atoms with van der Waals surface area (Å²) >= 11 is 0. The van der Waals surface area contributed by atoms with Crippen LogP contribution in [-0.4, -0.2) is 92.5 Å². The predicted molar refractivity (Wildman–Crippen MR) is 124 cm³/mol. The van der Waals surface area contributed by atoms with Gasteiger partial charge in [0.25, 0.3) is 5.56 Å². The minimum absolute atomic E-state index is 0.0952. The second-order valence-corrected chi connectivity index (χ2v) is 9.39. The van der Waals surface area contributed by atoms with Crippen molar-refractivity contribution < 1.29 is 28.9 Å². The van der Waals surface area contributed by atoms with Gasteiger partial charge in [-0.05, 0) is 33.6 Å². The average molecular weight is 494 g/mol. The van der Waals surface area contributed by atoms with Crippen molar-refractivity contribution in [3.05, 3.63) is 16.7 Å². The molecule has 14 nitrogen and oxygen atoms in total. The number of nitrogens with zero attached hydrogens (tertiary/aromatic N) is 5. The van der Waals surface area contributed by atoms with E-state index in [9.17, 15) is 19.5 Å². The number of ether oxygens (including phenoxy) is 3. The quantitative estimate of drug-likeness (QED) is 0.237. The fourth-order valence-corrected chi connectivity index (χ4v) is 2.92. The Kier molecular flexibility index (Phi) is 7.75. The van der Waals surface area contributed by atoms with Crippen molar-refractivity contribution in [3.63, 3.8) is 0 Å². The summed E-state index contributed by atoms with van der Waals surface area (Å²) in [4.78, 5) is 53.4. The molecule has 3 rings (SSSR count). The minimum atomic E-state index is -1.13. The third kappa shape index (κ3) is 6.99. The van der Waals surface area contributed by atoms with Crippen molar-refractivity contribution in [1.82, 2.24) is 29.7 Å². The van der Waals surface area contributed by atoms with Crippen LogP contribution in [0, 0.1) is 0 Å². The number of aliphatic hydroxyl groups excluding tert-OH is 1. The van der Waals surface area contributed by atoms with E-state index in [4.69, 9.17) is 14.2 Å². The van der Waals surface area contributed by atoms with E-state index in [1.807, 2.05) is 0 Å². The van der Waals surface area contributed by atoms with Crippen LogP contribution in [0.15, 0.2) is 16.1 Å². The molecule has 1 fully saturated rings. The maximum atomic E-state index is 12.5. The highest BCUT2D eigenvalue weighted by Crippen LogP contribution is 2.37. The van der Waals surface area contributed by atoms with E-state index >= 15 is 0 Å². The Bertz CT molecular complexity index is 1150. The van der Waals surface area contributed by atoms with E-state index in [0.29, 0.717) is 12.8 Å². The molecule has 35 heavy (non-hydrogen) atoms. The zero-order valence-electron chi connectivity index (χ0n) is 20.4. The van der Waals surface area contributed by atoms with Crippen LogP contribution in [0.3, 0.4) is 0 Å². The number of H-pyrrole nitrogens is 1. The SMILES string of the molecule is CN(C)C=Nc1nc2c(ncn2COC(CO)COC(=O)C2(NC(=O)OC(C)(C)C)CC2)c(=O)[nH]1. The molecular weight excluding hydrogens is 462 g/mol. The van der Waals surface area contributed by atoms with Crippen LogP contribution >= 0.6 is 0 Å². The molecule has 0 bridgehead atoms. The molecule has 14 heteroatoms. The standard InChI is InChI=1S/C21H31N7O7/c1-20(2,3)35-19(32)26-21(6-7-21)17(31)33-9-13(8-29)34-12-28-11-22-14-15(28)24-18(25-16(14)30)23-10-27(4)5/h10-11,13,29H,6-9,12H2,1-5H3,(H,26,32)(H,24,25,30). The number of rotatable bonds is 10. The van der Waals surface area contributed by atoms with Crippen LogP contribution in [0.4, 0.5) is 10.7 Å². The molecular formula is C21H31N7O7. The predicted octanol–water partition coefficient (Wildman–Crippen LogP) is 0.277. The summed E-state index contributed by atoms with van der Waals surface area (Å²) in [5, 5.41) is 12.2. The van der Waals surface area contributed by atoms with Gasteiger partial charge in [0.05, 0.1) is 19.3 Å². The third-order valence-electron chi connectivity index (χ3n) is 4.81. The lowest BCUT2D eigenvalue weighted by molar-refractivity contribution is -0.154. The number of esters is 1. The Morgan fingerprint density at radius 2 is 2.11 bits per heavy atom. The summed E-state index contributed by atoms with van der Waals surface area (Å²) in [5.41, 5.74) is -1.94. The van der Waals surface area contributed by atoms with Crippen LogP contribution in [0.25, 0.3) is 11.2 Å². The molecule has 1 amide bonds. The number of aromatic nitrogens is 4. The molecule has 0 radical (unpaired) electrons. The van der Waals surface area contributed by atoms with Gasteiger partial charge >= 0.3 is 12.1 Å². The van der Waals surface area contributed by atoms with Crippen molar-refractivity contribution in [3.8, 4) is 0 Å². The number of nitrogens with one attached hydrogen (secondary N) is 2. The van der Waals surface area contributed by atoms with Crippen molar-refractivity contribution in [2.24, 2.45) is 4.99 Å². The Hall–Kier alpha value is -3.52. The largest absolute Gasteiger partial charge is 0.461 e. The Balaban J connectivity index is 1.58. The minimum Gasteiger partial charge on any atom is -0.461 e. The Morgan fingerprint density at radius 3 is 2.71 bits per heavy atom. The van der Waals surface area contributed by atoms with Gasteiger partial charge in [0.15, 0.2) is 11.2 Å². The number of carbonyl (C=O) groups excluding carboxylic acids is 2. The van der Waals surface area contributed by atoms with Gasteiger partial charge in [0.2, 0.25) is 5.95 Å². The molecule has 2 aromatic heterocycles. The molecule has 1 saturated carbocycles. The molecule has 0 spiro atoms. The monoisotopic (exact) mass is 493 g/mol. The second kappa shape index (κ2) is 10.4. The molecule has 2 aromatic rings. The second-order valence-electron chi connectivity index (χ2n) is 9.39. The molecule has 1 aliphatic rings. The summed E-state index contributed by atoms with van der Waals surface area (Å²) < 4.78 is 17.6. The first-order chi connectivity index (χ1) is 16.4. The highest BCUT2D eigenvalue weighted by molar-refractivity contribution is 5.88. The Morgan fingerprint density at radius 1 is 1.40 bits per heavy atom. The highest BCUT2D eigenvalue weighted by atomic mass is 16.6. The summed E-state index contributed by atoms with van der Waals surface area (Å²) in [6.45, 7) is 4.38. The number of aliphatic hydroxyl groups is 1. The number of aromatic amines is 1.